The number of urea groups is 1. The summed E-state index contributed by atoms with van der Waals surface area (Å²) in [5.74, 6) is 0.512. The lowest BCUT2D eigenvalue weighted by atomic mass is 10.1. The Morgan fingerprint density at radius 2 is 2.17 bits per heavy atom. The first-order valence-corrected chi connectivity index (χ1v) is 7.03. The van der Waals surface area contributed by atoms with E-state index < -0.39 is 0 Å². The molecule has 0 radical (unpaired) electrons. The van der Waals surface area contributed by atoms with Crippen LogP contribution in [-0.4, -0.2) is 67.7 Å². The highest BCUT2D eigenvalue weighted by atomic mass is 16.2. The van der Waals surface area contributed by atoms with Gasteiger partial charge in [0.1, 0.15) is 0 Å². The van der Waals surface area contributed by atoms with Crippen molar-refractivity contribution in [2.45, 2.75) is 32.4 Å². The molecule has 0 bridgehead atoms. The number of hydrogen-bond acceptors (Lipinski definition) is 3. The van der Waals surface area contributed by atoms with E-state index >= 15 is 0 Å². The van der Waals surface area contributed by atoms with E-state index in [1.165, 1.54) is 0 Å². The molecule has 2 fully saturated rings. The van der Waals surface area contributed by atoms with Gasteiger partial charge in [-0.2, -0.15) is 0 Å². The number of piperazine rings is 1. The van der Waals surface area contributed by atoms with Crippen molar-refractivity contribution in [3.63, 3.8) is 0 Å². The van der Waals surface area contributed by atoms with Gasteiger partial charge in [-0.15, -0.1) is 0 Å². The number of likely N-dealkylation sites (N-methyl/N-ethyl adjacent to an activating group) is 1. The van der Waals surface area contributed by atoms with Crippen molar-refractivity contribution < 1.29 is 4.79 Å². The van der Waals surface area contributed by atoms with Gasteiger partial charge in [-0.05, 0) is 19.4 Å². The van der Waals surface area contributed by atoms with Gasteiger partial charge in [-0.3, -0.25) is 0 Å². The van der Waals surface area contributed by atoms with Crippen LogP contribution in [0.1, 0.15) is 20.3 Å². The van der Waals surface area contributed by atoms with E-state index in [9.17, 15) is 4.79 Å². The summed E-state index contributed by atoms with van der Waals surface area (Å²) < 4.78 is 0. The summed E-state index contributed by atoms with van der Waals surface area (Å²) in [6.45, 7) is 9.30. The van der Waals surface area contributed by atoms with Crippen molar-refractivity contribution in [1.82, 2.24) is 20.4 Å². The van der Waals surface area contributed by atoms with Gasteiger partial charge >= 0.3 is 6.03 Å². The van der Waals surface area contributed by atoms with Gasteiger partial charge in [0.25, 0.3) is 0 Å². The number of carbonyl (C=O) groups excluding carboxylic acids is 1. The van der Waals surface area contributed by atoms with Gasteiger partial charge in [0.05, 0.1) is 6.04 Å². The third kappa shape index (κ3) is 3.36. The topological polar surface area (TPSA) is 47.6 Å². The summed E-state index contributed by atoms with van der Waals surface area (Å²) in [6, 6.07) is 0.951. The number of amides is 2. The standard InChI is InChI=1S/C13H26N4O/c1-10(2)12-9-17(13(18)15-12)6-4-11-8-16(3)7-5-14-11/h10-12,14H,4-9H2,1-3H3,(H,15,18). The van der Waals surface area contributed by atoms with Crippen LogP contribution in [0.2, 0.25) is 0 Å². The van der Waals surface area contributed by atoms with Crippen LogP contribution in [0.15, 0.2) is 0 Å². The van der Waals surface area contributed by atoms with Gasteiger partial charge in [-0.25, -0.2) is 4.79 Å². The van der Waals surface area contributed by atoms with Crippen molar-refractivity contribution in [2.24, 2.45) is 5.92 Å². The van der Waals surface area contributed by atoms with Crippen molar-refractivity contribution >= 4 is 6.03 Å². The van der Waals surface area contributed by atoms with E-state index in [4.69, 9.17) is 0 Å². The molecule has 5 nitrogen and oxygen atoms in total. The summed E-state index contributed by atoms with van der Waals surface area (Å²) in [5, 5.41) is 6.58. The van der Waals surface area contributed by atoms with Crippen LogP contribution in [-0.2, 0) is 0 Å². The van der Waals surface area contributed by atoms with E-state index in [-0.39, 0.29) is 6.03 Å². The lowest BCUT2D eigenvalue weighted by Crippen LogP contribution is -2.50. The third-order valence-corrected chi connectivity index (χ3v) is 4.02. The van der Waals surface area contributed by atoms with Crippen molar-refractivity contribution in [2.75, 3.05) is 39.8 Å². The van der Waals surface area contributed by atoms with Crippen molar-refractivity contribution in [3.05, 3.63) is 0 Å². The molecule has 0 aromatic heterocycles. The molecule has 0 saturated carbocycles. The predicted molar refractivity (Wildman–Crippen MR) is 72.6 cm³/mol. The van der Waals surface area contributed by atoms with Crippen LogP contribution >= 0.6 is 0 Å². The van der Waals surface area contributed by atoms with Crippen LogP contribution in [0.3, 0.4) is 0 Å². The summed E-state index contributed by atoms with van der Waals surface area (Å²) in [7, 11) is 2.16. The zero-order valence-electron chi connectivity index (χ0n) is 11.8. The first-order chi connectivity index (χ1) is 8.56. The molecular weight excluding hydrogens is 228 g/mol. The lowest BCUT2D eigenvalue weighted by Gasteiger charge is -2.31. The maximum Gasteiger partial charge on any atom is 0.317 e. The summed E-state index contributed by atoms with van der Waals surface area (Å²) in [6.07, 6.45) is 1.04. The second kappa shape index (κ2) is 5.89. The van der Waals surface area contributed by atoms with Crippen LogP contribution in [0.5, 0.6) is 0 Å². The molecule has 0 aromatic rings. The van der Waals surface area contributed by atoms with Crippen molar-refractivity contribution in [1.29, 1.82) is 0 Å². The minimum Gasteiger partial charge on any atom is -0.333 e. The van der Waals surface area contributed by atoms with Crippen LogP contribution in [0, 0.1) is 5.92 Å². The second-order valence-corrected chi connectivity index (χ2v) is 5.95. The summed E-state index contributed by atoms with van der Waals surface area (Å²) in [4.78, 5) is 16.1. The minimum absolute atomic E-state index is 0.109. The molecule has 2 amide bonds. The number of rotatable bonds is 4. The Labute approximate surface area is 110 Å². The normalized spacial score (nSPS) is 30.0. The van der Waals surface area contributed by atoms with Gasteiger partial charge in [0.15, 0.2) is 0 Å². The fourth-order valence-electron chi connectivity index (χ4n) is 2.68. The Bertz CT molecular complexity index is 295. The Kier molecular flexibility index (Phi) is 4.45. The highest BCUT2D eigenvalue weighted by Gasteiger charge is 2.30. The first kappa shape index (κ1) is 13.6. The Morgan fingerprint density at radius 1 is 1.39 bits per heavy atom. The number of nitrogens with zero attached hydrogens (tertiary/aromatic N) is 2. The Balaban J connectivity index is 1.75. The molecule has 2 aliphatic heterocycles. The Hall–Kier alpha value is -0.810. The van der Waals surface area contributed by atoms with E-state index in [1.807, 2.05) is 4.90 Å². The first-order valence-electron chi connectivity index (χ1n) is 7.03. The largest absolute Gasteiger partial charge is 0.333 e. The molecule has 2 aliphatic rings. The summed E-state index contributed by atoms with van der Waals surface area (Å²) in [5.41, 5.74) is 0. The molecule has 2 unspecified atom stereocenters. The van der Waals surface area contributed by atoms with Crippen LogP contribution in [0.4, 0.5) is 4.79 Å². The molecule has 0 aliphatic carbocycles. The number of carbonyl (C=O) groups is 1. The molecule has 2 atom stereocenters. The zero-order valence-corrected chi connectivity index (χ0v) is 11.8. The van der Waals surface area contributed by atoms with E-state index in [1.54, 1.807) is 0 Å². The fraction of sp³-hybridized carbons (Fsp3) is 0.923. The van der Waals surface area contributed by atoms with Gasteiger partial charge in [-0.1, -0.05) is 13.8 Å². The predicted octanol–water partition coefficient (Wildman–Crippen LogP) is 0.330. The summed E-state index contributed by atoms with van der Waals surface area (Å²) >= 11 is 0. The molecule has 2 heterocycles. The maximum atomic E-state index is 11.8. The van der Waals surface area contributed by atoms with Crippen molar-refractivity contribution in [3.8, 4) is 0 Å². The highest BCUT2D eigenvalue weighted by Crippen LogP contribution is 2.13. The SMILES string of the molecule is CC(C)C1CN(CCC2CN(C)CCN2)C(=O)N1. The molecule has 2 N–H and O–H groups in total. The minimum atomic E-state index is 0.109. The monoisotopic (exact) mass is 254 g/mol. The molecule has 2 rings (SSSR count). The van der Waals surface area contributed by atoms with Crippen LogP contribution < -0.4 is 10.6 Å². The van der Waals surface area contributed by atoms with Gasteiger partial charge in [0.2, 0.25) is 0 Å². The molecule has 5 heteroatoms. The fourth-order valence-corrected chi connectivity index (χ4v) is 2.68. The van der Waals surface area contributed by atoms with Gasteiger partial charge in [0, 0.05) is 38.8 Å². The molecule has 104 valence electrons. The molecule has 18 heavy (non-hydrogen) atoms. The van der Waals surface area contributed by atoms with E-state index in [2.05, 4.69) is 36.4 Å². The lowest BCUT2D eigenvalue weighted by molar-refractivity contribution is 0.200. The van der Waals surface area contributed by atoms with E-state index in [0.29, 0.717) is 18.0 Å². The average Bonchev–Trinajstić information content (AvgIpc) is 2.68. The van der Waals surface area contributed by atoms with E-state index in [0.717, 1.165) is 39.1 Å². The molecule has 0 aromatic carbocycles. The number of nitrogens with one attached hydrogen (secondary N) is 2. The molecule has 0 spiro atoms. The van der Waals surface area contributed by atoms with Crippen LogP contribution in [0.25, 0.3) is 0 Å². The second-order valence-electron chi connectivity index (χ2n) is 5.95. The molecular formula is C13H26N4O. The quantitative estimate of drug-likeness (QED) is 0.760. The number of hydrogen-bond donors (Lipinski definition) is 2. The Morgan fingerprint density at radius 3 is 2.78 bits per heavy atom. The smallest absolute Gasteiger partial charge is 0.317 e. The molecule has 2 saturated heterocycles. The zero-order chi connectivity index (χ0) is 13.1. The average molecular weight is 254 g/mol. The highest BCUT2D eigenvalue weighted by molar-refractivity contribution is 5.76. The third-order valence-electron chi connectivity index (χ3n) is 4.02. The maximum absolute atomic E-state index is 11.8. The van der Waals surface area contributed by atoms with Gasteiger partial charge < -0.3 is 20.4 Å².